The molecule has 1 aliphatic rings. The van der Waals surface area contributed by atoms with Gasteiger partial charge in [-0.15, -0.1) is 23.5 Å². The molecule has 1 heterocycles. The van der Waals surface area contributed by atoms with Crippen LogP contribution in [0.25, 0.3) is 0 Å². The van der Waals surface area contributed by atoms with E-state index in [9.17, 15) is 4.79 Å². The molecular weight excluding hydrogens is 348 g/mol. The van der Waals surface area contributed by atoms with Crippen molar-refractivity contribution in [2.24, 2.45) is 0 Å². The normalized spacial score (nSPS) is 18.5. The molecule has 94 valence electrons. The molecule has 0 bridgehead atoms. The van der Waals surface area contributed by atoms with Crippen LogP contribution in [0.4, 0.5) is 0 Å². The third-order valence-corrected chi connectivity index (χ3v) is 6.63. The van der Waals surface area contributed by atoms with Gasteiger partial charge in [0.25, 0.3) is 0 Å². The number of carbonyl (C=O) groups is 1. The lowest BCUT2D eigenvalue weighted by Gasteiger charge is -2.09. The molecule has 1 unspecified atom stereocenters. The van der Waals surface area contributed by atoms with Gasteiger partial charge in [0.1, 0.15) is 0 Å². The van der Waals surface area contributed by atoms with E-state index in [1.54, 1.807) is 11.8 Å². The van der Waals surface area contributed by atoms with E-state index < -0.39 is 0 Å². The maximum Gasteiger partial charge on any atom is 0.211 e. The number of carbonyl (C=O) groups excluding carboxylic acids is 1. The lowest BCUT2D eigenvalue weighted by Crippen LogP contribution is -1.89. The van der Waals surface area contributed by atoms with E-state index in [-0.39, 0.29) is 5.12 Å². The Morgan fingerprint density at radius 3 is 2.83 bits per heavy atom. The molecule has 0 saturated heterocycles. The average molecular weight is 359 g/mol. The summed E-state index contributed by atoms with van der Waals surface area (Å²) in [5, 5.41) is 2.19. The van der Waals surface area contributed by atoms with E-state index >= 15 is 0 Å². The smallest absolute Gasteiger partial charge is 0.211 e. The van der Waals surface area contributed by atoms with E-state index in [0.29, 0.717) is 4.58 Å². The van der Waals surface area contributed by atoms with Gasteiger partial charge in [-0.1, -0.05) is 46.4 Å². The minimum absolute atomic E-state index is 0.0357. The van der Waals surface area contributed by atoms with E-state index in [1.807, 2.05) is 11.8 Å². The highest BCUT2D eigenvalue weighted by Gasteiger charge is 2.20. The monoisotopic (exact) mass is 358 g/mol. The summed E-state index contributed by atoms with van der Waals surface area (Å²) in [6.07, 6.45) is 1.37. The van der Waals surface area contributed by atoms with Gasteiger partial charge in [-0.2, -0.15) is 0 Å². The molecule has 0 spiro atoms. The van der Waals surface area contributed by atoms with Crippen LogP contribution in [0.5, 0.6) is 0 Å². The summed E-state index contributed by atoms with van der Waals surface area (Å²) in [7, 11) is 0. The van der Waals surface area contributed by atoms with Crippen LogP contribution in [0.15, 0.2) is 51.7 Å². The van der Waals surface area contributed by atoms with Crippen LogP contribution in [-0.2, 0) is 4.79 Å². The van der Waals surface area contributed by atoms with Crippen molar-refractivity contribution in [3.63, 3.8) is 0 Å². The quantitative estimate of drug-likeness (QED) is 0.686. The van der Waals surface area contributed by atoms with Crippen LogP contribution in [0.2, 0.25) is 0 Å². The van der Waals surface area contributed by atoms with Crippen molar-refractivity contribution in [3.05, 3.63) is 57.3 Å². The molecule has 0 fully saturated rings. The summed E-state index contributed by atoms with van der Waals surface area (Å²) in [5.41, 5.74) is 1.31. The molecule has 1 aromatic carbocycles. The lowest BCUT2D eigenvalue weighted by molar-refractivity contribution is -0.107. The first-order valence-corrected chi connectivity index (χ1v) is 8.85. The molecule has 1 nitrogen and oxygen atoms in total. The van der Waals surface area contributed by atoms with Crippen LogP contribution in [-0.4, -0.2) is 10.9 Å². The predicted octanol–water partition coefficient (Wildman–Crippen LogP) is 5.21. The Hall–Kier alpha value is -0.100. The van der Waals surface area contributed by atoms with Crippen LogP contribution in [0.3, 0.4) is 0 Å². The van der Waals surface area contributed by atoms with Crippen LogP contribution in [0.1, 0.15) is 10.1 Å². The zero-order valence-electron chi connectivity index (χ0n) is 9.47. The zero-order valence-corrected chi connectivity index (χ0v) is 13.5. The number of hydrogen-bond acceptors (Lipinski definition) is 4. The molecule has 0 N–H and O–H groups in total. The molecule has 0 amide bonds. The third kappa shape index (κ3) is 3.95. The maximum absolute atomic E-state index is 11.2. The van der Waals surface area contributed by atoms with Crippen molar-refractivity contribution in [3.8, 4) is 0 Å². The molecular formula is C13H11BrOS3. The highest BCUT2D eigenvalue weighted by molar-refractivity contribution is 9.10. The van der Waals surface area contributed by atoms with Gasteiger partial charge in [-0.3, -0.25) is 4.79 Å². The first-order chi connectivity index (χ1) is 8.69. The fourth-order valence-corrected chi connectivity index (χ4v) is 5.06. The zero-order chi connectivity index (χ0) is 13.0. The first kappa shape index (κ1) is 14.3. The largest absolute Gasteiger partial charge is 0.282 e. The highest BCUT2D eigenvalue weighted by atomic mass is 79.9. The van der Waals surface area contributed by atoms with Gasteiger partial charge in [0.2, 0.25) is 5.12 Å². The van der Waals surface area contributed by atoms with Crippen LogP contribution < -0.4 is 0 Å². The number of halogens is 1. The highest BCUT2D eigenvalue weighted by Crippen LogP contribution is 2.51. The summed E-state index contributed by atoms with van der Waals surface area (Å²) in [6.45, 7) is 3.47. The SMILES string of the molecule is C=CC(=O)SCC1=CSC(c2ccc(Br)cc2)S1. The molecule has 1 aliphatic heterocycles. The van der Waals surface area contributed by atoms with E-state index in [2.05, 4.69) is 52.2 Å². The molecule has 1 atom stereocenters. The minimum atomic E-state index is 0.0357. The van der Waals surface area contributed by atoms with Crippen molar-refractivity contribution in [2.75, 3.05) is 5.75 Å². The fraction of sp³-hybridized carbons (Fsp3) is 0.154. The molecule has 18 heavy (non-hydrogen) atoms. The van der Waals surface area contributed by atoms with Gasteiger partial charge in [0.15, 0.2) is 0 Å². The first-order valence-electron chi connectivity index (χ1n) is 5.25. The van der Waals surface area contributed by atoms with E-state index in [1.165, 1.54) is 28.3 Å². The fourth-order valence-electron chi connectivity index (χ4n) is 1.37. The van der Waals surface area contributed by atoms with Crippen molar-refractivity contribution >= 4 is 56.3 Å². The molecule has 0 aromatic heterocycles. The van der Waals surface area contributed by atoms with E-state index in [4.69, 9.17) is 0 Å². The van der Waals surface area contributed by atoms with E-state index in [0.717, 1.165) is 10.2 Å². The number of rotatable bonds is 4. The Labute approximate surface area is 128 Å². The summed E-state index contributed by atoms with van der Waals surface area (Å²) in [5.74, 6) is 0.746. The molecule has 1 aromatic rings. The van der Waals surface area contributed by atoms with Crippen molar-refractivity contribution in [2.45, 2.75) is 4.58 Å². The molecule has 2 rings (SSSR count). The van der Waals surface area contributed by atoms with Crippen LogP contribution >= 0.6 is 51.2 Å². The Morgan fingerprint density at radius 2 is 2.17 bits per heavy atom. The standard InChI is InChI=1S/C13H11BrOS3/c1-2-12(15)16-7-11-8-17-13(18-11)9-3-5-10(14)6-4-9/h2-6,8,13H,1,7H2. The topological polar surface area (TPSA) is 17.1 Å². The van der Waals surface area contributed by atoms with Gasteiger partial charge < -0.3 is 0 Å². The Morgan fingerprint density at radius 1 is 1.44 bits per heavy atom. The number of thioether (sulfide) groups is 3. The van der Waals surface area contributed by atoms with Crippen LogP contribution in [0, 0.1) is 0 Å². The Balaban J connectivity index is 1.89. The van der Waals surface area contributed by atoms with Gasteiger partial charge in [-0.25, -0.2) is 0 Å². The number of hydrogen-bond donors (Lipinski definition) is 0. The minimum Gasteiger partial charge on any atom is -0.282 e. The second kappa shape index (κ2) is 6.89. The van der Waals surface area contributed by atoms with Gasteiger partial charge in [-0.05, 0) is 29.2 Å². The molecule has 0 aliphatic carbocycles. The summed E-state index contributed by atoms with van der Waals surface area (Å²) >= 11 is 8.37. The van der Waals surface area contributed by atoms with Crippen molar-refractivity contribution < 1.29 is 4.79 Å². The second-order valence-electron chi connectivity index (χ2n) is 3.53. The molecule has 5 heteroatoms. The summed E-state index contributed by atoms with van der Waals surface area (Å²) < 4.78 is 1.51. The predicted molar refractivity (Wildman–Crippen MR) is 87.8 cm³/mol. The Kier molecular flexibility index (Phi) is 5.48. The van der Waals surface area contributed by atoms with Gasteiger partial charge in [0.05, 0.1) is 4.58 Å². The number of benzene rings is 1. The second-order valence-corrected chi connectivity index (χ2v) is 7.94. The lowest BCUT2D eigenvalue weighted by atomic mass is 10.2. The molecule has 0 saturated carbocycles. The Bertz CT molecular complexity index is 482. The summed E-state index contributed by atoms with van der Waals surface area (Å²) in [6, 6.07) is 8.38. The van der Waals surface area contributed by atoms with Gasteiger partial charge >= 0.3 is 0 Å². The third-order valence-electron chi connectivity index (χ3n) is 2.25. The average Bonchev–Trinajstić information content (AvgIpc) is 2.85. The van der Waals surface area contributed by atoms with Crippen molar-refractivity contribution in [1.29, 1.82) is 0 Å². The van der Waals surface area contributed by atoms with Gasteiger partial charge in [0, 0.05) is 15.1 Å². The maximum atomic E-state index is 11.2. The summed E-state index contributed by atoms with van der Waals surface area (Å²) in [4.78, 5) is 12.4. The van der Waals surface area contributed by atoms with Crippen molar-refractivity contribution in [1.82, 2.24) is 0 Å². The molecule has 0 radical (unpaired) electrons.